The molecular weight excluding hydrogens is 237 g/mol. The van der Waals surface area contributed by atoms with Crippen LogP contribution in [0.3, 0.4) is 0 Å². The Morgan fingerprint density at radius 1 is 1.31 bits per heavy atom. The summed E-state index contributed by atoms with van der Waals surface area (Å²) in [5.74, 6) is 0. The highest BCUT2D eigenvalue weighted by molar-refractivity contribution is 7.11. The number of rotatable bonds is 5. The topological polar surface area (TPSA) is 24.9 Å². The van der Waals surface area contributed by atoms with Gasteiger partial charge in [0, 0.05) is 11.4 Å². The van der Waals surface area contributed by atoms with Gasteiger partial charge in [-0.15, -0.1) is 11.3 Å². The summed E-state index contributed by atoms with van der Waals surface area (Å²) in [6.07, 6.45) is -2.91. The van der Waals surface area contributed by atoms with Crippen LogP contribution in [0.1, 0.15) is 35.8 Å². The molecule has 2 nitrogen and oxygen atoms in total. The number of halogens is 3. The number of hydrogen-bond donors (Lipinski definition) is 1. The lowest BCUT2D eigenvalue weighted by molar-refractivity contribution is -0.137. The molecule has 0 aromatic carbocycles. The van der Waals surface area contributed by atoms with Crippen LogP contribution in [0.5, 0.6) is 0 Å². The maximum Gasteiger partial charge on any atom is 0.443 e. The van der Waals surface area contributed by atoms with Gasteiger partial charge >= 0.3 is 6.18 Å². The second-order valence-electron chi connectivity index (χ2n) is 3.42. The van der Waals surface area contributed by atoms with Crippen molar-refractivity contribution in [2.75, 3.05) is 6.54 Å². The zero-order chi connectivity index (χ0) is 12.2. The van der Waals surface area contributed by atoms with Gasteiger partial charge in [-0.2, -0.15) is 13.2 Å². The van der Waals surface area contributed by atoms with E-state index in [9.17, 15) is 13.2 Å². The third-order valence-corrected chi connectivity index (χ3v) is 3.19. The van der Waals surface area contributed by atoms with E-state index in [4.69, 9.17) is 0 Å². The molecule has 1 aromatic rings. The van der Waals surface area contributed by atoms with Gasteiger partial charge in [0.2, 0.25) is 0 Å². The van der Waals surface area contributed by atoms with E-state index in [1.807, 2.05) is 13.8 Å². The molecule has 16 heavy (non-hydrogen) atoms. The van der Waals surface area contributed by atoms with Crippen molar-refractivity contribution in [2.24, 2.45) is 0 Å². The Kier molecular flexibility index (Phi) is 4.73. The molecule has 0 saturated carbocycles. The lowest BCUT2D eigenvalue weighted by Gasteiger charge is -2.00. The lowest BCUT2D eigenvalue weighted by atomic mass is 10.2. The number of thiazole rings is 1. The summed E-state index contributed by atoms with van der Waals surface area (Å²) in [5, 5.41) is 2.30. The first kappa shape index (κ1) is 13.4. The number of alkyl halides is 3. The minimum absolute atomic E-state index is 0.472. The average molecular weight is 252 g/mol. The second kappa shape index (κ2) is 5.63. The van der Waals surface area contributed by atoms with Crippen LogP contribution in [0.2, 0.25) is 0 Å². The van der Waals surface area contributed by atoms with Gasteiger partial charge in [-0.3, -0.25) is 0 Å². The lowest BCUT2D eigenvalue weighted by Crippen LogP contribution is -2.11. The highest BCUT2D eigenvalue weighted by Crippen LogP contribution is 2.34. The Morgan fingerprint density at radius 3 is 2.50 bits per heavy atom. The van der Waals surface area contributed by atoms with Crippen molar-refractivity contribution in [3.8, 4) is 0 Å². The van der Waals surface area contributed by atoms with E-state index in [1.54, 1.807) is 0 Å². The van der Waals surface area contributed by atoms with Crippen LogP contribution in [0.25, 0.3) is 0 Å². The largest absolute Gasteiger partial charge is 0.443 e. The van der Waals surface area contributed by atoms with Crippen molar-refractivity contribution in [1.29, 1.82) is 0 Å². The van der Waals surface area contributed by atoms with Crippen molar-refractivity contribution in [3.05, 3.63) is 15.6 Å². The van der Waals surface area contributed by atoms with E-state index in [2.05, 4.69) is 10.3 Å². The Bertz CT molecular complexity index is 333. The molecule has 0 radical (unpaired) electrons. The quantitative estimate of drug-likeness (QED) is 0.870. The number of aromatic nitrogens is 1. The first-order valence-electron chi connectivity index (χ1n) is 5.25. The molecule has 92 valence electrons. The van der Waals surface area contributed by atoms with Crippen molar-refractivity contribution in [3.63, 3.8) is 0 Å². The minimum Gasteiger partial charge on any atom is -0.312 e. The van der Waals surface area contributed by atoms with Crippen LogP contribution in [0.4, 0.5) is 13.2 Å². The van der Waals surface area contributed by atoms with Gasteiger partial charge in [-0.1, -0.05) is 20.3 Å². The fourth-order valence-electron chi connectivity index (χ4n) is 1.31. The third-order valence-electron chi connectivity index (χ3n) is 2.04. The molecule has 6 heteroatoms. The average Bonchev–Trinajstić information content (AvgIpc) is 2.58. The summed E-state index contributed by atoms with van der Waals surface area (Å²) >= 11 is 0.748. The van der Waals surface area contributed by atoms with Crippen LogP contribution in [0.15, 0.2) is 0 Å². The van der Waals surface area contributed by atoms with Crippen molar-refractivity contribution >= 4 is 11.3 Å². The number of nitrogens with one attached hydrogen (secondary N) is 1. The van der Waals surface area contributed by atoms with Crippen LogP contribution < -0.4 is 5.32 Å². The molecule has 0 aliphatic carbocycles. The smallest absolute Gasteiger partial charge is 0.312 e. The van der Waals surface area contributed by atoms with Crippen molar-refractivity contribution < 1.29 is 13.2 Å². The SMILES string of the molecule is CCCc1nc(C(F)(F)F)sc1CNCC. The van der Waals surface area contributed by atoms with Gasteiger partial charge in [0.25, 0.3) is 0 Å². The number of aryl methyl sites for hydroxylation is 1. The van der Waals surface area contributed by atoms with Crippen LogP contribution in [-0.2, 0) is 19.1 Å². The Labute approximate surface area is 96.9 Å². The van der Waals surface area contributed by atoms with Crippen molar-refractivity contribution in [1.82, 2.24) is 10.3 Å². The highest BCUT2D eigenvalue weighted by Gasteiger charge is 2.35. The van der Waals surface area contributed by atoms with Crippen LogP contribution >= 0.6 is 11.3 Å². The molecule has 0 saturated heterocycles. The first-order valence-corrected chi connectivity index (χ1v) is 6.07. The molecule has 0 amide bonds. The van der Waals surface area contributed by atoms with Gasteiger partial charge in [-0.25, -0.2) is 4.98 Å². The molecule has 0 bridgehead atoms. The molecule has 0 aliphatic heterocycles. The second-order valence-corrected chi connectivity index (χ2v) is 4.50. The minimum atomic E-state index is -4.32. The summed E-state index contributed by atoms with van der Waals surface area (Å²) in [5.41, 5.74) is 0.584. The predicted octanol–water partition coefficient (Wildman–Crippen LogP) is 3.22. The summed E-state index contributed by atoms with van der Waals surface area (Å²) in [4.78, 5) is 4.38. The van der Waals surface area contributed by atoms with E-state index in [0.717, 1.165) is 24.3 Å². The Hall–Kier alpha value is -0.620. The van der Waals surface area contributed by atoms with E-state index in [1.165, 1.54) is 0 Å². The van der Waals surface area contributed by atoms with Gasteiger partial charge in [0.05, 0.1) is 5.69 Å². The third kappa shape index (κ3) is 3.45. The first-order chi connectivity index (χ1) is 7.49. The van der Waals surface area contributed by atoms with E-state index >= 15 is 0 Å². The zero-order valence-electron chi connectivity index (χ0n) is 9.32. The fraction of sp³-hybridized carbons (Fsp3) is 0.700. The molecule has 1 N–H and O–H groups in total. The summed E-state index contributed by atoms with van der Waals surface area (Å²) in [7, 11) is 0. The highest BCUT2D eigenvalue weighted by atomic mass is 32.1. The molecular formula is C10H15F3N2S. The standard InChI is InChI=1S/C10H15F3N2S/c1-3-5-7-8(6-14-4-2)16-9(15-7)10(11,12)13/h14H,3-6H2,1-2H3. The van der Waals surface area contributed by atoms with E-state index < -0.39 is 11.2 Å². The molecule has 1 aromatic heterocycles. The maximum absolute atomic E-state index is 12.5. The Morgan fingerprint density at radius 2 is 2.00 bits per heavy atom. The molecule has 1 heterocycles. The Balaban J connectivity index is 2.90. The predicted molar refractivity (Wildman–Crippen MR) is 58.5 cm³/mol. The van der Waals surface area contributed by atoms with E-state index in [-0.39, 0.29) is 0 Å². The number of hydrogen-bond acceptors (Lipinski definition) is 3. The van der Waals surface area contributed by atoms with Crippen LogP contribution in [-0.4, -0.2) is 11.5 Å². The maximum atomic E-state index is 12.5. The normalized spacial score (nSPS) is 12.1. The van der Waals surface area contributed by atoms with Crippen molar-refractivity contribution in [2.45, 2.75) is 39.4 Å². The summed E-state index contributed by atoms with van der Waals surface area (Å²) in [6, 6.07) is 0. The number of nitrogens with zero attached hydrogens (tertiary/aromatic N) is 1. The van der Waals surface area contributed by atoms with Crippen LogP contribution in [0, 0.1) is 0 Å². The molecule has 0 fully saturated rings. The summed E-state index contributed by atoms with van der Waals surface area (Å²) in [6.45, 7) is 5.07. The van der Waals surface area contributed by atoms with Gasteiger partial charge in [-0.05, 0) is 13.0 Å². The van der Waals surface area contributed by atoms with Gasteiger partial charge < -0.3 is 5.32 Å². The molecule has 0 unspecified atom stereocenters. The molecule has 0 spiro atoms. The molecule has 1 rings (SSSR count). The molecule has 0 atom stereocenters. The zero-order valence-corrected chi connectivity index (χ0v) is 10.1. The monoisotopic (exact) mass is 252 g/mol. The van der Waals surface area contributed by atoms with Gasteiger partial charge in [0.15, 0.2) is 5.01 Å². The molecule has 0 aliphatic rings. The van der Waals surface area contributed by atoms with E-state index in [0.29, 0.717) is 23.5 Å². The summed E-state index contributed by atoms with van der Waals surface area (Å²) < 4.78 is 37.4. The fourth-order valence-corrected chi connectivity index (χ4v) is 2.26. The van der Waals surface area contributed by atoms with Gasteiger partial charge in [0.1, 0.15) is 0 Å².